The van der Waals surface area contributed by atoms with Crippen molar-refractivity contribution in [1.29, 1.82) is 0 Å². The first kappa shape index (κ1) is 19.5. The Balaban J connectivity index is 2.95. The van der Waals surface area contributed by atoms with Crippen LogP contribution < -0.4 is 5.32 Å². The average molecular weight is 409 g/mol. The van der Waals surface area contributed by atoms with Crippen molar-refractivity contribution in [3.63, 3.8) is 0 Å². The summed E-state index contributed by atoms with van der Waals surface area (Å²) in [5.41, 5.74) is 1.75. The second-order valence-electron chi connectivity index (χ2n) is 5.72. The molecule has 1 rings (SSSR count). The summed E-state index contributed by atoms with van der Waals surface area (Å²) in [5, 5.41) is 3.72. The van der Waals surface area contributed by atoms with E-state index >= 15 is 0 Å². The molecule has 0 radical (unpaired) electrons. The number of carbonyl (C=O) groups excluding carboxylic acids is 1. The van der Waals surface area contributed by atoms with Gasteiger partial charge in [-0.05, 0) is 66.4 Å². The van der Waals surface area contributed by atoms with Crippen molar-refractivity contribution in [2.75, 3.05) is 13.2 Å². The first-order chi connectivity index (χ1) is 10.2. The van der Waals surface area contributed by atoms with E-state index in [0.717, 1.165) is 11.1 Å². The molecule has 1 aromatic carbocycles. The highest BCUT2D eigenvalue weighted by molar-refractivity contribution is 9.10. The summed E-state index contributed by atoms with van der Waals surface area (Å²) >= 11 is 15.7. The maximum Gasteiger partial charge on any atom is 0.207 e. The fourth-order valence-corrected chi connectivity index (χ4v) is 2.52. The lowest BCUT2D eigenvalue weighted by atomic mass is 10.0. The number of nitrogens with one attached hydrogen (secondary N) is 1. The number of rotatable bonds is 7. The van der Waals surface area contributed by atoms with Gasteiger partial charge in [0.25, 0.3) is 0 Å². The lowest BCUT2D eigenvalue weighted by Gasteiger charge is -2.20. The zero-order chi connectivity index (χ0) is 16.8. The van der Waals surface area contributed by atoms with Crippen LogP contribution in [0.1, 0.15) is 32.8 Å². The summed E-state index contributed by atoms with van der Waals surface area (Å²) < 4.78 is 6.44. The highest BCUT2D eigenvalue weighted by Gasteiger charge is 2.12. The number of ether oxygens (including phenoxy) is 1. The Bertz CT molecular complexity index is 531. The zero-order valence-corrected chi connectivity index (χ0v) is 16.0. The van der Waals surface area contributed by atoms with Crippen molar-refractivity contribution in [1.82, 2.24) is 5.32 Å². The van der Waals surface area contributed by atoms with Crippen LogP contribution in [0.15, 0.2) is 22.7 Å². The third-order valence-electron chi connectivity index (χ3n) is 2.81. The first-order valence-electron chi connectivity index (χ1n) is 6.89. The molecular formula is C16H20BrCl2NO2. The Morgan fingerprint density at radius 3 is 2.41 bits per heavy atom. The molecule has 0 aliphatic heterocycles. The molecule has 1 aromatic rings. The fourth-order valence-electron chi connectivity index (χ4n) is 1.80. The molecule has 1 N–H and O–H groups in total. The van der Waals surface area contributed by atoms with Gasteiger partial charge >= 0.3 is 0 Å². The molecule has 6 heteroatoms. The molecule has 0 fully saturated rings. The lowest BCUT2D eigenvalue weighted by Crippen LogP contribution is -2.20. The molecule has 122 valence electrons. The SMILES string of the molecule is CC(C)(C)OCC/C(=C\CNC=O)c1cc(Cl)c(Br)c(Cl)c1. The van der Waals surface area contributed by atoms with Crippen molar-refractivity contribution < 1.29 is 9.53 Å². The van der Waals surface area contributed by atoms with Crippen LogP contribution in [0.3, 0.4) is 0 Å². The van der Waals surface area contributed by atoms with Crippen molar-refractivity contribution in [2.24, 2.45) is 0 Å². The topological polar surface area (TPSA) is 38.3 Å². The molecule has 0 atom stereocenters. The van der Waals surface area contributed by atoms with Crippen molar-refractivity contribution >= 4 is 51.1 Å². The van der Waals surface area contributed by atoms with Gasteiger partial charge in [-0.3, -0.25) is 4.79 Å². The molecule has 0 saturated carbocycles. The third kappa shape index (κ3) is 6.69. The summed E-state index contributed by atoms with van der Waals surface area (Å²) in [7, 11) is 0. The molecule has 0 aliphatic rings. The molecular weight excluding hydrogens is 389 g/mol. The van der Waals surface area contributed by atoms with E-state index in [-0.39, 0.29) is 5.60 Å². The van der Waals surface area contributed by atoms with Gasteiger partial charge in [-0.1, -0.05) is 29.3 Å². The molecule has 3 nitrogen and oxygen atoms in total. The quantitative estimate of drug-likeness (QED) is 0.387. The molecule has 0 bridgehead atoms. The van der Waals surface area contributed by atoms with Crippen LogP contribution in [-0.4, -0.2) is 25.2 Å². The molecule has 0 heterocycles. The van der Waals surface area contributed by atoms with E-state index in [0.29, 0.717) is 40.5 Å². The summed E-state index contributed by atoms with van der Waals surface area (Å²) in [5.74, 6) is 0. The second-order valence-corrected chi connectivity index (χ2v) is 7.33. The minimum absolute atomic E-state index is 0.193. The summed E-state index contributed by atoms with van der Waals surface area (Å²) in [6, 6.07) is 3.70. The number of hydrogen-bond acceptors (Lipinski definition) is 2. The number of amides is 1. The summed E-state index contributed by atoms with van der Waals surface area (Å²) in [6.07, 6.45) is 3.31. The largest absolute Gasteiger partial charge is 0.376 e. The van der Waals surface area contributed by atoms with Gasteiger partial charge < -0.3 is 10.1 Å². The molecule has 0 aliphatic carbocycles. The van der Waals surface area contributed by atoms with Crippen molar-refractivity contribution in [3.05, 3.63) is 38.3 Å². The Morgan fingerprint density at radius 1 is 1.32 bits per heavy atom. The van der Waals surface area contributed by atoms with E-state index in [9.17, 15) is 4.79 Å². The summed E-state index contributed by atoms with van der Waals surface area (Å²) in [4.78, 5) is 10.4. The maximum absolute atomic E-state index is 10.4. The maximum atomic E-state index is 10.4. The van der Waals surface area contributed by atoms with Crippen LogP contribution in [0.25, 0.3) is 5.57 Å². The average Bonchev–Trinajstić information content (AvgIpc) is 2.41. The molecule has 22 heavy (non-hydrogen) atoms. The molecule has 0 unspecified atom stereocenters. The van der Waals surface area contributed by atoms with Gasteiger partial charge in [-0.15, -0.1) is 0 Å². The number of halogens is 3. The zero-order valence-electron chi connectivity index (χ0n) is 12.9. The van der Waals surface area contributed by atoms with E-state index in [1.165, 1.54) is 0 Å². The predicted molar refractivity (Wildman–Crippen MR) is 96.5 cm³/mol. The minimum atomic E-state index is -0.193. The predicted octanol–water partition coefficient (Wildman–Crippen LogP) is 5.09. The monoisotopic (exact) mass is 407 g/mol. The van der Waals surface area contributed by atoms with Crippen LogP contribution >= 0.6 is 39.1 Å². The van der Waals surface area contributed by atoms with Gasteiger partial charge in [0.15, 0.2) is 0 Å². The smallest absolute Gasteiger partial charge is 0.207 e. The Morgan fingerprint density at radius 2 is 1.91 bits per heavy atom. The van der Waals surface area contributed by atoms with Crippen LogP contribution in [0.4, 0.5) is 0 Å². The third-order valence-corrected chi connectivity index (χ3v) is 4.72. The van der Waals surface area contributed by atoms with E-state index in [1.807, 2.05) is 39.0 Å². The van der Waals surface area contributed by atoms with Gasteiger partial charge in [-0.2, -0.15) is 0 Å². The first-order valence-corrected chi connectivity index (χ1v) is 8.44. The highest BCUT2D eigenvalue weighted by atomic mass is 79.9. The van der Waals surface area contributed by atoms with Gasteiger partial charge in [-0.25, -0.2) is 0 Å². The van der Waals surface area contributed by atoms with Crippen LogP contribution in [0, 0.1) is 0 Å². The van der Waals surface area contributed by atoms with Gasteiger partial charge in [0.2, 0.25) is 6.41 Å². The van der Waals surface area contributed by atoms with E-state index in [4.69, 9.17) is 27.9 Å². The Hall–Kier alpha value is -0.550. The molecule has 1 amide bonds. The van der Waals surface area contributed by atoms with E-state index in [2.05, 4.69) is 21.2 Å². The van der Waals surface area contributed by atoms with Crippen LogP contribution in [0.2, 0.25) is 10.0 Å². The number of carbonyl (C=O) groups is 1. The Kier molecular flexibility index (Phi) is 7.90. The van der Waals surface area contributed by atoms with Gasteiger partial charge in [0.05, 0.1) is 26.7 Å². The standard InChI is InChI=1S/C16H20BrCl2NO2/c1-16(2,3)22-7-5-11(4-6-20-10-21)12-8-13(18)15(17)14(19)9-12/h4,8-10H,5-7H2,1-3H3,(H,20,21)/b11-4+. The molecule has 0 aromatic heterocycles. The Labute approximate surface area is 150 Å². The fraction of sp³-hybridized carbons (Fsp3) is 0.438. The van der Waals surface area contributed by atoms with E-state index in [1.54, 1.807) is 0 Å². The normalized spacial score (nSPS) is 12.4. The lowest BCUT2D eigenvalue weighted by molar-refractivity contribution is -0.109. The van der Waals surface area contributed by atoms with Gasteiger partial charge in [0.1, 0.15) is 0 Å². The number of hydrogen-bond donors (Lipinski definition) is 1. The number of benzene rings is 1. The van der Waals surface area contributed by atoms with Crippen LogP contribution in [0.5, 0.6) is 0 Å². The second kappa shape index (κ2) is 8.92. The highest BCUT2D eigenvalue weighted by Crippen LogP contribution is 2.34. The van der Waals surface area contributed by atoms with Crippen molar-refractivity contribution in [3.8, 4) is 0 Å². The molecule has 0 saturated heterocycles. The minimum Gasteiger partial charge on any atom is -0.376 e. The summed E-state index contributed by atoms with van der Waals surface area (Å²) in [6.45, 7) is 7.05. The van der Waals surface area contributed by atoms with Crippen molar-refractivity contribution in [2.45, 2.75) is 32.8 Å². The van der Waals surface area contributed by atoms with E-state index < -0.39 is 0 Å². The molecule has 0 spiro atoms. The van der Waals surface area contributed by atoms with Crippen LogP contribution in [-0.2, 0) is 9.53 Å². The van der Waals surface area contributed by atoms with Gasteiger partial charge in [0, 0.05) is 6.54 Å².